The van der Waals surface area contributed by atoms with Gasteiger partial charge < -0.3 is 10.6 Å². The highest BCUT2D eigenvalue weighted by molar-refractivity contribution is 7.91. The fourth-order valence-corrected chi connectivity index (χ4v) is 8.15. The Kier molecular flexibility index (Phi) is 14.6. The van der Waals surface area contributed by atoms with Gasteiger partial charge in [0.1, 0.15) is 0 Å². The molecular formula is C33H50N6O6S2. The molecule has 0 bridgehead atoms. The summed E-state index contributed by atoms with van der Waals surface area (Å²) in [6.45, 7) is 9.18. The van der Waals surface area contributed by atoms with Gasteiger partial charge in [0.25, 0.3) is 0 Å². The number of nitrogens with one attached hydrogen (secondary N) is 2. The monoisotopic (exact) mass is 690 g/mol. The zero-order valence-electron chi connectivity index (χ0n) is 27.3. The van der Waals surface area contributed by atoms with E-state index in [0.29, 0.717) is 13.1 Å². The van der Waals surface area contributed by atoms with Crippen LogP contribution in [0.1, 0.15) is 24.0 Å². The molecule has 0 aromatic heterocycles. The molecular weight excluding hydrogens is 641 g/mol. The van der Waals surface area contributed by atoms with Gasteiger partial charge in [-0.2, -0.15) is 0 Å². The van der Waals surface area contributed by atoms with Gasteiger partial charge >= 0.3 is 0 Å². The van der Waals surface area contributed by atoms with Crippen molar-refractivity contribution in [1.29, 1.82) is 0 Å². The topological polar surface area (TPSA) is 139 Å². The second-order valence-corrected chi connectivity index (χ2v) is 17.0. The first kappa shape index (κ1) is 36.9. The van der Waals surface area contributed by atoms with Crippen LogP contribution in [0.25, 0.3) is 0 Å². The summed E-state index contributed by atoms with van der Waals surface area (Å²) in [4.78, 5) is 33.4. The maximum atomic E-state index is 12.5. The number of hydrogen-bond donors (Lipinski definition) is 2. The fourth-order valence-electron chi connectivity index (χ4n) is 5.68. The minimum absolute atomic E-state index is 0.00532. The van der Waals surface area contributed by atoms with Crippen molar-refractivity contribution in [2.45, 2.75) is 25.9 Å². The van der Waals surface area contributed by atoms with Crippen molar-refractivity contribution in [1.82, 2.24) is 30.2 Å². The molecule has 12 nitrogen and oxygen atoms in total. The van der Waals surface area contributed by atoms with Crippen molar-refractivity contribution >= 4 is 31.5 Å². The molecule has 0 aliphatic carbocycles. The average molecular weight is 691 g/mol. The molecule has 260 valence electrons. The largest absolute Gasteiger partial charge is 0.339 e. The van der Waals surface area contributed by atoms with Gasteiger partial charge in [0.15, 0.2) is 19.7 Å². The van der Waals surface area contributed by atoms with Crippen molar-refractivity contribution in [3.05, 3.63) is 71.8 Å². The van der Waals surface area contributed by atoms with E-state index in [1.807, 2.05) is 36.4 Å². The Hall–Kier alpha value is -2.88. The van der Waals surface area contributed by atoms with Crippen LogP contribution in [-0.2, 0) is 42.4 Å². The molecule has 2 heterocycles. The third kappa shape index (κ3) is 14.4. The number of piperazine rings is 2. The second-order valence-electron chi connectivity index (χ2n) is 12.4. The van der Waals surface area contributed by atoms with Crippen molar-refractivity contribution in [3.8, 4) is 0 Å². The van der Waals surface area contributed by atoms with E-state index in [1.165, 1.54) is 11.1 Å². The predicted octanol–water partition coefficient (Wildman–Crippen LogP) is 0.422. The van der Waals surface area contributed by atoms with E-state index in [4.69, 9.17) is 0 Å². The average Bonchev–Trinajstić information content (AvgIpc) is 3.07. The van der Waals surface area contributed by atoms with Crippen LogP contribution >= 0.6 is 0 Å². The first-order chi connectivity index (χ1) is 22.6. The SMILES string of the molecule is O=C(CCS(=O)(=O)CCN1CCN(Cc2ccccc2)CC1)NCNC(=O)CCS(=O)(=O)CCN1CCN(Cc2ccccc2)CC1. The molecule has 47 heavy (non-hydrogen) atoms. The molecule has 2 aliphatic rings. The van der Waals surface area contributed by atoms with E-state index in [9.17, 15) is 26.4 Å². The van der Waals surface area contributed by atoms with Crippen LogP contribution in [0.15, 0.2) is 60.7 Å². The van der Waals surface area contributed by atoms with Gasteiger partial charge in [0.05, 0.1) is 29.7 Å². The minimum Gasteiger partial charge on any atom is -0.339 e. The Balaban J connectivity index is 1.01. The van der Waals surface area contributed by atoms with Crippen LogP contribution in [0.4, 0.5) is 0 Å². The molecule has 0 atom stereocenters. The molecule has 0 spiro atoms. The van der Waals surface area contributed by atoms with Crippen LogP contribution in [-0.4, -0.2) is 143 Å². The van der Waals surface area contributed by atoms with Gasteiger partial charge in [0, 0.05) is 91.4 Å². The molecule has 2 N–H and O–H groups in total. The lowest BCUT2D eigenvalue weighted by molar-refractivity contribution is -0.122. The number of amides is 2. The summed E-state index contributed by atoms with van der Waals surface area (Å²) in [5.41, 5.74) is 2.53. The fraction of sp³-hybridized carbons (Fsp3) is 0.576. The standard InChI is InChI=1S/C33H50N6O6S2/c40-32(11-23-46(42,43)25-21-36-13-17-38(18-14-36)27-30-7-3-1-4-8-30)34-29-35-33(41)12-24-47(44,45)26-22-37-15-19-39(20-16-37)28-31-9-5-2-6-10-31/h1-10H,11-29H2,(H,34,40)(H,35,41). The molecule has 0 radical (unpaired) electrons. The zero-order valence-corrected chi connectivity index (χ0v) is 28.9. The number of carbonyl (C=O) groups excluding carboxylic acids is 2. The Morgan fingerprint density at radius 1 is 0.511 bits per heavy atom. The molecule has 2 aliphatic heterocycles. The third-order valence-corrected chi connectivity index (χ3v) is 12.0. The van der Waals surface area contributed by atoms with E-state index in [1.54, 1.807) is 0 Å². The van der Waals surface area contributed by atoms with Gasteiger partial charge in [0.2, 0.25) is 11.8 Å². The van der Waals surface area contributed by atoms with Crippen LogP contribution in [0, 0.1) is 0 Å². The normalized spacial score (nSPS) is 17.4. The molecule has 14 heteroatoms. The summed E-state index contributed by atoms with van der Waals surface area (Å²) >= 11 is 0. The maximum Gasteiger partial charge on any atom is 0.222 e. The van der Waals surface area contributed by atoms with E-state index in [-0.39, 0.29) is 42.5 Å². The molecule has 2 aromatic carbocycles. The van der Waals surface area contributed by atoms with Gasteiger partial charge in [-0.25, -0.2) is 16.8 Å². The predicted molar refractivity (Wildman–Crippen MR) is 184 cm³/mol. The summed E-state index contributed by atoms with van der Waals surface area (Å²) in [6.07, 6.45) is -0.393. The van der Waals surface area contributed by atoms with Gasteiger partial charge in [-0.3, -0.25) is 29.2 Å². The highest BCUT2D eigenvalue weighted by atomic mass is 32.2. The van der Waals surface area contributed by atoms with E-state index in [0.717, 1.165) is 65.4 Å². The van der Waals surface area contributed by atoms with Crippen molar-refractivity contribution in [2.75, 3.05) is 95.1 Å². The highest BCUT2D eigenvalue weighted by Gasteiger charge is 2.22. The number of nitrogens with zero attached hydrogens (tertiary/aromatic N) is 4. The van der Waals surface area contributed by atoms with Crippen molar-refractivity contribution in [2.24, 2.45) is 0 Å². The molecule has 0 saturated carbocycles. The Morgan fingerprint density at radius 3 is 1.21 bits per heavy atom. The first-order valence-corrected chi connectivity index (χ1v) is 20.1. The lowest BCUT2D eigenvalue weighted by Crippen LogP contribution is -2.47. The molecule has 2 saturated heterocycles. The van der Waals surface area contributed by atoms with E-state index in [2.05, 4.69) is 54.5 Å². The quantitative estimate of drug-likeness (QED) is 0.212. The van der Waals surface area contributed by atoms with Gasteiger partial charge in [-0.05, 0) is 11.1 Å². The Labute approximate surface area is 280 Å². The number of carbonyl (C=O) groups is 2. The summed E-state index contributed by atoms with van der Waals surface area (Å²) < 4.78 is 50.1. The van der Waals surface area contributed by atoms with Crippen LogP contribution in [0.5, 0.6) is 0 Å². The number of benzene rings is 2. The molecule has 0 unspecified atom stereocenters. The molecule has 2 fully saturated rings. The second kappa shape index (κ2) is 18.6. The van der Waals surface area contributed by atoms with Gasteiger partial charge in [-0.1, -0.05) is 60.7 Å². The summed E-state index contributed by atoms with van der Waals surface area (Å²) in [6, 6.07) is 20.5. The lowest BCUT2D eigenvalue weighted by atomic mass is 10.2. The third-order valence-electron chi connectivity index (χ3n) is 8.72. The van der Waals surface area contributed by atoms with Crippen molar-refractivity contribution in [3.63, 3.8) is 0 Å². The Bertz CT molecular complexity index is 1350. The lowest BCUT2D eigenvalue weighted by Gasteiger charge is -2.34. The van der Waals surface area contributed by atoms with Gasteiger partial charge in [-0.15, -0.1) is 0 Å². The summed E-state index contributed by atoms with van der Waals surface area (Å²) in [5, 5.41) is 4.98. The summed E-state index contributed by atoms with van der Waals surface area (Å²) in [7, 11) is -6.82. The Morgan fingerprint density at radius 2 is 0.851 bits per heavy atom. The first-order valence-electron chi connectivity index (χ1n) is 16.5. The number of rotatable bonds is 18. The zero-order chi connectivity index (χ0) is 33.5. The van der Waals surface area contributed by atoms with Crippen LogP contribution in [0.3, 0.4) is 0 Å². The highest BCUT2D eigenvalue weighted by Crippen LogP contribution is 2.10. The smallest absolute Gasteiger partial charge is 0.222 e. The summed E-state index contributed by atoms with van der Waals surface area (Å²) in [5.74, 6) is -1.51. The van der Waals surface area contributed by atoms with Crippen LogP contribution in [0.2, 0.25) is 0 Å². The number of hydrogen-bond acceptors (Lipinski definition) is 10. The van der Waals surface area contributed by atoms with Crippen molar-refractivity contribution < 1.29 is 26.4 Å². The van der Waals surface area contributed by atoms with E-state index >= 15 is 0 Å². The number of sulfone groups is 2. The molecule has 2 amide bonds. The van der Waals surface area contributed by atoms with Crippen LogP contribution < -0.4 is 10.6 Å². The minimum atomic E-state index is -3.41. The molecule has 2 aromatic rings. The maximum absolute atomic E-state index is 12.5. The van der Waals surface area contributed by atoms with E-state index < -0.39 is 31.5 Å². The molecule has 4 rings (SSSR count).